The van der Waals surface area contributed by atoms with Crippen LogP contribution in [0.15, 0.2) is 18.2 Å². The van der Waals surface area contributed by atoms with Crippen molar-refractivity contribution in [1.82, 2.24) is 0 Å². The molecular weight excluding hydrogens is 189 g/mol. The number of halogens is 1. The lowest BCUT2D eigenvalue weighted by atomic mass is 9.96. The largest absolute Gasteiger partial charge is 0.325 e. The highest BCUT2D eigenvalue weighted by Gasteiger charge is 2.38. The van der Waals surface area contributed by atoms with E-state index in [-0.39, 0.29) is 5.54 Å². The van der Waals surface area contributed by atoms with Gasteiger partial charge in [-0.1, -0.05) is 18.2 Å². The summed E-state index contributed by atoms with van der Waals surface area (Å²) in [6.45, 7) is 3.64. The van der Waals surface area contributed by atoms with E-state index < -0.39 is 6.17 Å². The summed E-state index contributed by atoms with van der Waals surface area (Å²) >= 11 is 0. The van der Waals surface area contributed by atoms with Gasteiger partial charge in [-0.25, -0.2) is 4.39 Å². The molecule has 0 amide bonds. The minimum atomic E-state index is -0.891. The van der Waals surface area contributed by atoms with Gasteiger partial charge in [-0.05, 0) is 49.8 Å². The Morgan fingerprint density at radius 1 is 1.47 bits per heavy atom. The van der Waals surface area contributed by atoms with E-state index in [4.69, 9.17) is 5.73 Å². The van der Waals surface area contributed by atoms with Gasteiger partial charge in [-0.15, -0.1) is 0 Å². The van der Waals surface area contributed by atoms with Crippen LogP contribution in [0.5, 0.6) is 0 Å². The Morgan fingerprint density at radius 2 is 2.13 bits per heavy atom. The van der Waals surface area contributed by atoms with Crippen LogP contribution in [0, 0.1) is 6.92 Å². The fourth-order valence-electron chi connectivity index (χ4n) is 1.85. The fourth-order valence-corrected chi connectivity index (χ4v) is 1.85. The Labute approximate surface area is 90.5 Å². The van der Waals surface area contributed by atoms with Crippen molar-refractivity contribution in [3.05, 3.63) is 34.9 Å². The molecule has 0 aliphatic heterocycles. The van der Waals surface area contributed by atoms with E-state index in [0.29, 0.717) is 0 Å². The molecule has 1 aliphatic rings. The SMILES string of the molecule is Cc1ccc(C(C)F)cc1CC1(N)CC1. The molecule has 2 rings (SSSR count). The first-order chi connectivity index (χ1) is 7.00. The van der Waals surface area contributed by atoms with Crippen molar-refractivity contribution in [1.29, 1.82) is 0 Å². The first kappa shape index (κ1) is 10.6. The number of rotatable bonds is 3. The molecule has 2 heteroatoms. The highest BCUT2D eigenvalue weighted by molar-refractivity contribution is 5.34. The summed E-state index contributed by atoms with van der Waals surface area (Å²) in [6, 6.07) is 5.82. The van der Waals surface area contributed by atoms with Gasteiger partial charge in [0.15, 0.2) is 0 Å². The molecule has 1 atom stereocenters. The van der Waals surface area contributed by atoms with Gasteiger partial charge in [0, 0.05) is 5.54 Å². The average molecular weight is 207 g/mol. The predicted octanol–water partition coefficient (Wildman–Crippen LogP) is 3.06. The Bertz CT molecular complexity index is 367. The number of hydrogen-bond acceptors (Lipinski definition) is 1. The molecule has 1 nitrogen and oxygen atoms in total. The standard InChI is InChI=1S/C13H18FN/c1-9-3-4-11(10(2)14)7-12(9)8-13(15)5-6-13/h3-4,7,10H,5-6,8,15H2,1-2H3. The van der Waals surface area contributed by atoms with Gasteiger partial charge in [-0.3, -0.25) is 0 Å². The minimum absolute atomic E-state index is 0.00291. The topological polar surface area (TPSA) is 26.0 Å². The van der Waals surface area contributed by atoms with E-state index >= 15 is 0 Å². The van der Waals surface area contributed by atoms with Crippen molar-refractivity contribution in [3.63, 3.8) is 0 Å². The second kappa shape index (κ2) is 3.60. The molecule has 1 aromatic carbocycles. The zero-order valence-corrected chi connectivity index (χ0v) is 9.39. The molecular formula is C13H18FN. The van der Waals surface area contributed by atoms with Crippen molar-refractivity contribution in [2.45, 2.75) is 44.8 Å². The number of aryl methyl sites for hydroxylation is 1. The number of alkyl halides is 1. The molecule has 1 saturated carbocycles. The summed E-state index contributed by atoms with van der Waals surface area (Å²) < 4.78 is 13.2. The van der Waals surface area contributed by atoms with Crippen LogP contribution in [0.25, 0.3) is 0 Å². The van der Waals surface area contributed by atoms with Gasteiger partial charge < -0.3 is 5.73 Å². The van der Waals surface area contributed by atoms with Crippen LogP contribution in [0.2, 0.25) is 0 Å². The Balaban J connectivity index is 2.24. The van der Waals surface area contributed by atoms with Gasteiger partial charge in [0.1, 0.15) is 6.17 Å². The molecule has 2 N–H and O–H groups in total. The molecule has 1 unspecified atom stereocenters. The van der Waals surface area contributed by atoms with Crippen LogP contribution >= 0.6 is 0 Å². The van der Waals surface area contributed by atoms with Crippen molar-refractivity contribution < 1.29 is 4.39 Å². The van der Waals surface area contributed by atoms with Gasteiger partial charge in [0.05, 0.1) is 0 Å². The molecule has 82 valence electrons. The Morgan fingerprint density at radius 3 is 2.67 bits per heavy atom. The van der Waals surface area contributed by atoms with Crippen molar-refractivity contribution in [3.8, 4) is 0 Å². The molecule has 1 aliphatic carbocycles. The summed E-state index contributed by atoms with van der Waals surface area (Å²) in [4.78, 5) is 0. The molecule has 0 radical (unpaired) electrons. The van der Waals surface area contributed by atoms with Crippen LogP contribution < -0.4 is 5.73 Å². The molecule has 1 fully saturated rings. The van der Waals surface area contributed by atoms with Crippen molar-refractivity contribution >= 4 is 0 Å². The Kier molecular flexibility index (Phi) is 2.55. The maximum atomic E-state index is 13.2. The van der Waals surface area contributed by atoms with E-state index in [1.54, 1.807) is 6.92 Å². The Hall–Kier alpha value is -0.890. The molecule has 0 spiro atoms. The third-order valence-corrected chi connectivity index (χ3v) is 3.27. The normalized spacial score (nSPS) is 20.0. The number of hydrogen-bond donors (Lipinski definition) is 1. The fraction of sp³-hybridized carbons (Fsp3) is 0.538. The quantitative estimate of drug-likeness (QED) is 0.810. The van der Waals surface area contributed by atoms with E-state index in [0.717, 1.165) is 24.8 Å². The lowest BCUT2D eigenvalue weighted by Crippen LogP contribution is -2.25. The monoisotopic (exact) mass is 207 g/mol. The zero-order chi connectivity index (χ0) is 11.1. The smallest absolute Gasteiger partial charge is 0.122 e. The average Bonchev–Trinajstić information content (AvgIpc) is 2.87. The molecule has 0 bridgehead atoms. The van der Waals surface area contributed by atoms with Crippen LogP contribution in [0.1, 0.15) is 42.6 Å². The van der Waals surface area contributed by atoms with Gasteiger partial charge >= 0.3 is 0 Å². The summed E-state index contributed by atoms with van der Waals surface area (Å²) in [6.07, 6.45) is 2.19. The molecule has 0 heterocycles. The first-order valence-corrected chi connectivity index (χ1v) is 5.53. The number of benzene rings is 1. The van der Waals surface area contributed by atoms with E-state index in [9.17, 15) is 4.39 Å². The molecule has 15 heavy (non-hydrogen) atoms. The maximum Gasteiger partial charge on any atom is 0.122 e. The van der Waals surface area contributed by atoms with Crippen LogP contribution in [-0.2, 0) is 6.42 Å². The highest BCUT2D eigenvalue weighted by Crippen LogP contribution is 2.36. The van der Waals surface area contributed by atoms with Gasteiger partial charge in [-0.2, -0.15) is 0 Å². The van der Waals surface area contributed by atoms with Crippen LogP contribution in [0.3, 0.4) is 0 Å². The van der Waals surface area contributed by atoms with Crippen molar-refractivity contribution in [2.24, 2.45) is 5.73 Å². The first-order valence-electron chi connectivity index (χ1n) is 5.53. The van der Waals surface area contributed by atoms with E-state index in [1.807, 2.05) is 18.2 Å². The molecule has 0 saturated heterocycles. The third-order valence-electron chi connectivity index (χ3n) is 3.27. The summed E-state index contributed by atoms with van der Waals surface area (Å²) in [5.74, 6) is 0. The van der Waals surface area contributed by atoms with Crippen LogP contribution in [-0.4, -0.2) is 5.54 Å². The molecule has 0 aromatic heterocycles. The molecule has 1 aromatic rings. The summed E-state index contributed by atoms with van der Waals surface area (Å²) in [5.41, 5.74) is 9.27. The zero-order valence-electron chi connectivity index (χ0n) is 9.39. The second-order valence-electron chi connectivity index (χ2n) is 4.84. The van der Waals surface area contributed by atoms with Crippen molar-refractivity contribution in [2.75, 3.05) is 0 Å². The third kappa shape index (κ3) is 2.37. The maximum absolute atomic E-state index is 13.2. The second-order valence-corrected chi connectivity index (χ2v) is 4.84. The summed E-state index contributed by atoms with van der Waals surface area (Å²) in [7, 11) is 0. The van der Waals surface area contributed by atoms with E-state index in [2.05, 4.69) is 6.92 Å². The lowest BCUT2D eigenvalue weighted by Gasteiger charge is -2.13. The van der Waals surface area contributed by atoms with Gasteiger partial charge in [0.2, 0.25) is 0 Å². The highest BCUT2D eigenvalue weighted by atomic mass is 19.1. The van der Waals surface area contributed by atoms with Gasteiger partial charge in [0.25, 0.3) is 0 Å². The summed E-state index contributed by atoms with van der Waals surface area (Å²) in [5, 5.41) is 0. The van der Waals surface area contributed by atoms with E-state index in [1.165, 1.54) is 11.1 Å². The predicted molar refractivity (Wildman–Crippen MR) is 60.6 cm³/mol. The van der Waals surface area contributed by atoms with Crippen LogP contribution in [0.4, 0.5) is 4.39 Å². The number of nitrogens with two attached hydrogens (primary N) is 1. The lowest BCUT2D eigenvalue weighted by molar-refractivity contribution is 0.374. The minimum Gasteiger partial charge on any atom is -0.325 e.